The summed E-state index contributed by atoms with van der Waals surface area (Å²) in [5.74, 6) is -0.668. The molecular formula is C26H35Cl3N4O4S. The van der Waals surface area contributed by atoms with Crippen LogP contribution >= 0.6 is 37.2 Å². The van der Waals surface area contributed by atoms with Crippen molar-refractivity contribution in [3.05, 3.63) is 83.7 Å². The molecule has 1 heterocycles. The van der Waals surface area contributed by atoms with Crippen LogP contribution in [-0.4, -0.2) is 49.8 Å². The van der Waals surface area contributed by atoms with Gasteiger partial charge < -0.3 is 15.7 Å². The molecule has 0 aliphatic carbocycles. The predicted molar refractivity (Wildman–Crippen MR) is 160 cm³/mol. The van der Waals surface area contributed by atoms with Crippen molar-refractivity contribution in [2.75, 3.05) is 24.7 Å². The molecule has 1 atom stereocenters. The molecule has 4 N–H and O–H groups in total. The fraction of sp³-hybridized carbons (Fsp3) is 0.308. The standard InChI is InChI=1S/C26H32N4O4S.3ClH/c1-18(2)29-24-15-21(10-11-23(24)26(32)30-35(3,33)34)20-8-6-19(7-9-20)12-14-28-17-25(31)22-5-4-13-27-16-22;;;/h4-11,13,15-16,18,25,28-29,31H,12,14,17H2,1-3H3,(H,30,32);3*1H/t25-;;;/m1.../s1. The molecule has 3 aromatic rings. The summed E-state index contributed by atoms with van der Waals surface area (Å²) in [6.45, 7) is 5.07. The monoisotopic (exact) mass is 604 g/mol. The van der Waals surface area contributed by atoms with Gasteiger partial charge in [0.2, 0.25) is 10.0 Å². The zero-order valence-electron chi connectivity index (χ0n) is 21.4. The SMILES string of the molecule is CC(C)Nc1cc(-c2ccc(CCNC[C@@H](O)c3cccnc3)cc2)ccc1C(=O)NS(C)(=O)=O.Cl.Cl.Cl. The van der Waals surface area contributed by atoms with Gasteiger partial charge in [0.05, 0.1) is 17.9 Å². The predicted octanol–water partition coefficient (Wildman–Crippen LogP) is 4.39. The van der Waals surface area contributed by atoms with Crippen LogP contribution in [0.25, 0.3) is 11.1 Å². The average Bonchev–Trinajstić information content (AvgIpc) is 2.81. The van der Waals surface area contributed by atoms with E-state index in [9.17, 15) is 18.3 Å². The van der Waals surface area contributed by atoms with Crippen molar-refractivity contribution >= 4 is 58.8 Å². The number of aliphatic hydroxyl groups excluding tert-OH is 1. The lowest BCUT2D eigenvalue weighted by Crippen LogP contribution is -2.30. The lowest BCUT2D eigenvalue weighted by atomic mass is 10.00. The first-order chi connectivity index (χ1) is 16.6. The molecular weight excluding hydrogens is 571 g/mol. The average molecular weight is 606 g/mol. The van der Waals surface area contributed by atoms with E-state index in [1.165, 1.54) is 0 Å². The van der Waals surface area contributed by atoms with Crippen LogP contribution in [0.4, 0.5) is 5.69 Å². The number of carbonyl (C=O) groups excluding carboxylic acids is 1. The Morgan fingerprint density at radius 1 is 1.00 bits per heavy atom. The zero-order chi connectivity index (χ0) is 25.4. The summed E-state index contributed by atoms with van der Waals surface area (Å²) in [5.41, 5.74) is 4.67. The molecule has 1 aromatic heterocycles. The van der Waals surface area contributed by atoms with Gasteiger partial charge >= 0.3 is 0 Å². The van der Waals surface area contributed by atoms with E-state index >= 15 is 0 Å². The van der Waals surface area contributed by atoms with Gasteiger partial charge in [0.25, 0.3) is 5.91 Å². The molecule has 2 aromatic carbocycles. The minimum atomic E-state index is -3.66. The minimum Gasteiger partial charge on any atom is -0.387 e. The molecule has 0 saturated heterocycles. The topological polar surface area (TPSA) is 120 Å². The molecule has 0 saturated carbocycles. The van der Waals surface area contributed by atoms with Crippen LogP contribution in [0.5, 0.6) is 0 Å². The van der Waals surface area contributed by atoms with Crippen LogP contribution in [-0.2, 0) is 16.4 Å². The molecule has 210 valence electrons. The third kappa shape index (κ3) is 11.1. The molecule has 0 bridgehead atoms. The van der Waals surface area contributed by atoms with Crippen molar-refractivity contribution in [3.8, 4) is 11.1 Å². The maximum atomic E-state index is 12.4. The van der Waals surface area contributed by atoms with Gasteiger partial charge in [-0.05, 0) is 61.7 Å². The van der Waals surface area contributed by atoms with Crippen molar-refractivity contribution in [2.45, 2.75) is 32.4 Å². The van der Waals surface area contributed by atoms with Crippen molar-refractivity contribution in [3.63, 3.8) is 0 Å². The third-order valence-corrected chi connectivity index (χ3v) is 5.83. The summed E-state index contributed by atoms with van der Waals surface area (Å²) in [6, 6.07) is 17.1. The first kappa shape index (κ1) is 35.6. The quantitative estimate of drug-likeness (QED) is 0.239. The Hall–Kier alpha value is -2.40. The van der Waals surface area contributed by atoms with Gasteiger partial charge in [0.15, 0.2) is 0 Å². The van der Waals surface area contributed by atoms with Gasteiger partial charge in [-0.3, -0.25) is 9.78 Å². The normalized spacial score (nSPS) is 11.4. The number of nitrogens with zero attached hydrogens (tertiary/aromatic N) is 1. The van der Waals surface area contributed by atoms with E-state index in [4.69, 9.17) is 0 Å². The number of pyridine rings is 1. The lowest BCUT2D eigenvalue weighted by Gasteiger charge is -2.16. The van der Waals surface area contributed by atoms with E-state index in [2.05, 4.69) is 15.6 Å². The third-order valence-electron chi connectivity index (χ3n) is 5.27. The largest absolute Gasteiger partial charge is 0.387 e. The highest BCUT2D eigenvalue weighted by atomic mass is 35.5. The zero-order valence-corrected chi connectivity index (χ0v) is 24.6. The number of halogens is 3. The van der Waals surface area contributed by atoms with Crippen molar-refractivity contribution in [1.29, 1.82) is 0 Å². The number of hydrogen-bond donors (Lipinski definition) is 4. The molecule has 38 heavy (non-hydrogen) atoms. The Kier molecular flexibility index (Phi) is 15.5. The molecule has 12 heteroatoms. The Balaban J connectivity index is 0.00000456. The van der Waals surface area contributed by atoms with Crippen molar-refractivity contribution in [1.82, 2.24) is 15.0 Å². The fourth-order valence-corrected chi connectivity index (χ4v) is 4.05. The second-order valence-corrected chi connectivity index (χ2v) is 10.5. The Bertz CT molecular complexity index is 1250. The van der Waals surface area contributed by atoms with E-state index in [-0.39, 0.29) is 48.8 Å². The summed E-state index contributed by atoms with van der Waals surface area (Å²) < 4.78 is 25.0. The molecule has 8 nitrogen and oxygen atoms in total. The van der Waals surface area contributed by atoms with Gasteiger partial charge in [0.1, 0.15) is 0 Å². The van der Waals surface area contributed by atoms with E-state index in [0.717, 1.165) is 41.5 Å². The number of nitrogens with one attached hydrogen (secondary N) is 3. The lowest BCUT2D eigenvalue weighted by molar-refractivity contribution is 0.0982. The molecule has 0 spiro atoms. The summed E-state index contributed by atoms with van der Waals surface area (Å²) in [5, 5.41) is 16.7. The van der Waals surface area contributed by atoms with E-state index in [0.29, 0.717) is 12.2 Å². The molecule has 1 amide bonds. The molecule has 0 unspecified atom stereocenters. The van der Waals surface area contributed by atoms with Gasteiger partial charge in [-0.25, -0.2) is 13.1 Å². The van der Waals surface area contributed by atoms with Crippen LogP contribution in [0.2, 0.25) is 0 Å². The van der Waals surface area contributed by atoms with Gasteiger partial charge in [-0.2, -0.15) is 0 Å². The van der Waals surface area contributed by atoms with Gasteiger partial charge in [-0.15, -0.1) is 37.2 Å². The first-order valence-electron chi connectivity index (χ1n) is 11.4. The summed E-state index contributed by atoms with van der Waals surface area (Å²) in [6.07, 6.45) is 4.51. The maximum Gasteiger partial charge on any atom is 0.266 e. The summed E-state index contributed by atoms with van der Waals surface area (Å²) in [7, 11) is -3.66. The van der Waals surface area contributed by atoms with Crippen LogP contribution in [0.3, 0.4) is 0 Å². The maximum absolute atomic E-state index is 12.4. The van der Waals surface area contributed by atoms with E-state index in [1.54, 1.807) is 30.6 Å². The number of carbonyl (C=O) groups is 1. The highest BCUT2D eigenvalue weighted by Gasteiger charge is 2.17. The molecule has 0 radical (unpaired) electrons. The smallest absolute Gasteiger partial charge is 0.266 e. The second kappa shape index (κ2) is 16.5. The number of aromatic nitrogens is 1. The summed E-state index contributed by atoms with van der Waals surface area (Å²) >= 11 is 0. The van der Waals surface area contributed by atoms with Gasteiger partial charge in [0, 0.05) is 36.2 Å². The van der Waals surface area contributed by atoms with Crippen LogP contribution in [0.15, 0.2) is 67.0 Å². The van der Waals surface area contributed by atoms with Crippen LogP contribution in [0.1, 0.15) is 41.4 Å². The molecule has 0 fully saturated rings. The number of anilines is 1. The second-order valence-electron chi connectivity index (χ2n) is 8.72. The van der Waals surface area contributed by atoms with Crippen molar-refractivity contribution < 1.29 is 18.3 Å². The number of sulfonamides is 1. The first-order valence-corrected chi connectivity index (χ1v) is 13.3. The fourth-order valence-electron chi connectivity index (χ4n) is 3.60. The number of benzene rings is 2. The number of hydrogen-bond acceptors (Lipinski definition) is 7. The number of aliphatic hydroxyl groups is 1. The number of rotatable bonds is 11. The molecule has 0 aliphatic heterocycles. The Morgan fingerprint density at radius 2 is 1.66 bits per heavy atom. The highest BCUT2D eigenvalue weighted by Crippen LogP contribution is 2.27. The Labute approximate surface area is 243 Å². The number of amides is 1. The van der Waals surface area contributed by atoms with Crippen molar-refractivity contribution in [2.24, 2.45) is 0 Å². The van der Waals surface area contributed by atoms with E-state index < -0.39 is 22.0 Å². The van der Waals surface area contributed by atoms with E-state index in [1.807, 2.05) is 55.0 Å². The Morgan fingerprint density at radius 3 is 2.24 bits per heavy atom. The highest BCUT2D eigenvalue weighted by molar-refractivity contribution is 7.89. The summed E-state index contributed by atoms with van der Waals surface area (Å²) in [4.78, 5) is 16.5. The molecule has 0 aliphatic rings. The van der Waals surface area contributed by atoms with Crippen LogP contribution < -0.4 is 15.4 Å². The molecule has 3 rings (SSSR count). The van der Waals surface area contributed by atoms with Crippen LogP contribution in [0, 0.1) is 0 Å². The minimum absolute atomic E-state index is 0. The van der Waals surface area contributed by atoms with Gasteiger partial charge in [-0.1, -0.05) is 36.4 Å².